The molecule has 0 aliphatic heterocycles. The maximum atomic E-state index is 9.46. The second-order valence-corrected chi connectivity index (χ2v) is 3.17. The van der Waals surface area contributed by atoms with Crippen molar-refractivity contribution in [3.63, 3.8) is 0 Å². The molecule has 0 bridgehead atoms. The Balaban J connectivity index is 4.00. The first-order valence-corrected chi connectivity index (χ1v) is 4.07. The van der Waals surface area contributed by atoms with E-state index in [0.29, 0.717) is 5.92 Å². The third-order valence-corrected chi connectivity index (χ3v) is 1.82. The van der Waals surface area contributed by atoms with Crippen LogP contribution < -0.4 is 0 Å². The molecule has 0 aromatic heterocycles. The molecule has 0 aliphatic carbocycles. The summed E-state index contributed by atoms with van der Waals surface area (Å²) in [6.07, 6.45) is 6.44. The molecular weight excluding hydrogens is 136 g/mol. The van der Waals surface area contributed by atoms with Crippen molar-refractivity contribution in [3.8, 4) is 0 Å². The standard InChI is InChI=1S/C10H18O/c1-5-9(3)7-8-10(4,11)6-2/h6-9,11H,2,5H2,1,3-4H3/b8-7+. The average Bonchev–Trinajstić information content (AvgIpc) is 2.00. The van der Waals surface area contributed by atoms with Gasteiger partial charge in [-0.2, -0.15) is 0 Å². The van der Waals surface area contributed by atoms with E-state index in [0.717, 1.165) is 6.42 Å². The zero-order valence-corrected chi connectivity index (χ0v) is 7.67. The van der Waals surface area contributed by atoms with E-state index >= 15 is 0 Å². The molecule has 1 nitrogen and oxygen atoms in total. The van der Waals surface area contributed by atoms with Crippen molar-refractivity contribution in [1.82, 2.24) is 0 Å². The molecular formula is C10H18O. The first-order chi connectivity index (χ1) is 5.02. The van der Waals surface area contributed by atoms with Gasteiger partial charge < -0.3 is 5.11 Å². The highest BCUT2D eigenvalue weighted by molar-refractivity contribution is 5.09. The van der Waals surface area contributed by atoms with Crippen LogP contribution in [0.2, 0.25) is 0 Å². The molecule has 0 saturated heterocycles. The maximum absolute atomic E-state index is 9.46. The molecule has 2 unspecified atom stereocenters. The average molecular weight is 154 g/mol. The third kappa shape index (κ3) is 4.79. The van der Waals surface area contributed by atoms with Crippen LogP contribution in [0, 0.1) is 5.92 Å². The second kappa shape index (κ2) is 4.35. The molecule has 1 heteroatoms. The van der Waals surface area contributed by atoms with Crippen LogP contribution in [0.1, 0.15) is 27.2 Å². The lowest BCUT2D eigenvalue weighted by atomic mass is 10.0. The van der Waals surface area contributed by atoms with Crippen LogP contribution >= 0.6 is 0 Å². The lowest BCUT2D eigenvalue weighted by Crippen LogP contribution is -2.16. The van der Waals surface area contributed by atoms with Crippen molar-refractivity contribution in [3.05, 3.63) is 24.8 Å². The Morgan fingerprint density at radius 1 is 1.64 bits per heavy atom. The zero-order valence-electron chi connectivity index (χ0n) is 7.67. The number of hydrogen-bond acceptors (Lipinski definition) is 1. The van der Waals surface area contributed by atoms with Crippen LogP contribution in [-0.2, 0) is 0 Å². The summed E-state index contributed by atoms with van der Waals surface area (Å²) < 4.78 is 0. The summed E-state index contributed by atoms with van der Waals surface area (Å²) in [6, 6.07) is 0. The number of allylic oxidation sites excluding steroid dienone is 1. The van der Waals surface area contributed by atoms with Gasteiger partial charge in [0, 0.05) is 0 Å². The molecule has 1 N–H and O–H groups in total. The Kier molecular flexibility index (Phi) is 4.12. The smallest absolute Gasteiger partial charge is 0.0978 e. The molecule has 64 valence electrons. The molecule has 0 saturated carbocycles. The largest absolute Gasteiger partial charge is 0.382 e. The predicted molar refractivity (Wildman–Crippen MR) is 49.4 cm³/mol. The minimum Gasteiger partial charge on any atom is -0.382 e. The SMILES string of the molecule is C=CC(C)(O)/C=C/C(C)CC. The number of hydrogen-bond donors (Lipinski definition) is 1. The highest BCUT2D eigenvalue weighted by Crippen LogP contribution is 2.10. The predicted octanol–water partition coefficient (Wildman–Crippen LogP) is 2.53. The lowest BCUT2D eigenvalue weighted by Gasteiger charge is -2.13. The van der Waals surface area contributed by atoms with Gasteiger partial charge in [-0.3, -0.25) is 0 Å². The highest BCUT2D eigenvalue weighted by atomic mass is 16.3. The van der Waals surface area contributed by atoms with E-state index in [1.54, 1.807) is 13.0 Å². The normalized spacial score (nSPS) is 19.6. The molecule has 0 spiro atoms. The van der Waals surface area contributed by atoms with Crippen LogP contribution in [-0.4, -0.2) is 10.7 Å². The van der Waals surface area contributed by atoms with Gasteiger partial charge in [0.1, 0.15) is 0 Å². The van der Waals surface area contributed by atoms with E-state index in [4.69, 9.17) is 0 Å². The maximum Gasteiger partial charge on any atom is 0.0978 e. The molecule has 11 heavy (non-hydrogen) atoms. The minimum absolute atomic E-state index is 0.529. The Morgan fingerprint density at radius 2 is 2.18 bits per heavy atom. The van der Waals surface area contributed by atoms with E-state index in [-0.39, 0.29) is 0 Å². The topological polar surface area (TPSA) is 20.2 Å². The molecule has 0 rings (SSSR count). The molecule has 0 aromatic rings. The van der Waals surface area contributed by atoms with Crippen molar-refractivity contribution in [2.45, 2.75) is 32.8 Å². The molecule has 0 aromatic carbocycles. The number of aliphatic hydroxyl groups is 1. The second-order valence-electron chi connectivity index (χ2n) is 3.17. The van der Waals surface area contributed by atoms with Crippen LogP contribution in [0.5, 0.6) is 0 Å². The van der Waals surface area contributed by atoms with E-state index in [2.05, 4.69) is 20.4 Å². The first-order valence-electron chi connectivity index (χ1n) is 4.07. The summed E-state index contributed by atoms with van der Waals surface area (Å²) in [5.41, 5.74) is -0.844. The van der Waals surface area contributed by atoms with E-state index in [9.17, 15) is 5.11 Å². The quantitative estimate of drug-likeness (QED) is 0.617. The van der Waals surface area contributed by atoms with Crippen molar-refractivity contribution in [2.24, 2.45) is 5.92 Å². The molecule has 0 amide bonds. The van der Waals surface area contributed by atoms with Crippen molar-refractivity contribution in [1.29, 1.82) is 0 Å². The third-order valence-electron chi connectivity index (χ3n) is 1.82. The van der Waals surface area contributed by atoms with Gasteiger partial charge in [0.05, 0.1) is 5.60 Å². The fourth-order valence-electron chi connectivity index (χ4n) is 0.563. The van der Waals surface area contributed by atoms with Gasteiger partial charge in [-0.1, -0.05) is 45.1 Å². The fraction of sp³-hybridized carbons (Fsp3) is 0.600. The first kappa shape index (κ1) is 10.4. The number of rotatable bonds is 4. The Hall–Kier alpha value is -0.560. The van der Waals surface area contributed by atoms with Crippen LogP contribution in [0.15, 0.2) is 24.8 Å². The molecule has 2 atom stereocenters. The molecule has 0 radical (unpaired) electrons. The summed E-state index contributed by atoms with van der Waals surface area (Å²) in [7, 11) is 0. The van der Waals surface area contributed by atoms with Gasteiger partial charge in [-0.25, -0.2) is 0 Å². The summed E-state index contributed by atoms with van der Waals surface area (Å²) in [5, 5.41) is 9.46. The van der Waals surface area contributed by atoms with Crippen molar-refractivity contribution < 1.29 is 5.11 Å². The van der Waals surface area contributed by atoms with Crippen LogP contribution in [0.3, 0.4) is 0 Å². The van der Waals surface area contributed by atoms with E-state index < -0.39 is 5.60 Å². The van der Waals surface area contributed by atoms with Gasteiger partial charge in [-0.05, 0) is 12.8 Å². The summed E-state index contributed by atoms with van der Waals surface area (Å²) in [4.78, 5) is 0. The van der Waals surface area contributed by atoms with Gasteiger partial charge in [0.25, 0.3) is 0 Å². The van der Waals surface area contributed by atoms with Gasteiger partial charge in [0.15, 0.2) is 0 Å². The molecule has 0 aliphatic rings. The minimum atomic E-state index is -0.844. The Morgan fingerprint density at radius 3 is 2.55 bits per heavy atom. The van der Waals surface area contributed by atoms with Gasteiger partial charge >= 0.3 is 0 Å². The van der Waals surface area contributed by atoms with Crippen molar-refractivity contribution >= 4 is 0 Å². The van der Waals surface area contributed by atoms with Gasteiger partial charge in [0.2, 0.25) is 0 Å². The summed E-state index contributed by atoms with van der Waals surface area (Å²) in [6.45, 7) is 9.50. The van der Waals surface area contributed by atoms with E-state index in [1.165, 1.54) is 6.08 Å². The van der Waals surface area contributed by atoms with E-state index in [1.807, 2.05) is 6.08 Å². The molecule has 0 heterocycles. The Labute approximate surface area is 69.4 Å². The van der Waals surface area contributed by atoms with Crippen molar-refractivity contribution in [2.75, 3.05) is 0 Å². The lowest BCUT2D eigenvalue weighted by molar-refractivity contribution is 0.163. The zero-order chi connectivity index (χ0) is 8.91. The van der Waals surface area contributed by atoms with Crippen LogP contribution in [0.4, 0.5) is 0 Å². The Bertz CT molecular complexity index is 145. The van der Waals surface area contributed by atoms with Crippen LogP contribution in [0.25, 0.3) is 0 Å². The monoisotopic (exact) mass is 154 g/mol. The summed E-state index contributed by atoms with van der Waals surface area (Å²) >= 11 is 0. The summed E-state index contributed by atoms with van der Waals surface area (Å²) in [5.74, 6) is 0.529. The highest BCUT2D eigenvalue weighted by Gasteiger charge is 2.09. The van der Waals surface area contributed by atoms with Gasteiger partial charge in [-0.15, -0.1) is 0 Å². The molecule has 0 fully saturated rings. The fourth-order valence-corrected chi connectivity index (χ4v) is 0.563.